The highest BCUT2D eigenvalue weighted by Crippen LogP contribution is 2.24. The number of halogens is 1. The standard InChI is InChI=1S/C19H19FN2O3/c1-13(19(24)21-17-6-3-2-5-16(17)20)25-15-10-8-14(9-11-15)22-12-4-7-18(22)23/h2-3,5-6,8-11,13H,4,7,12H2,1H3,(H,21,24)/t13-/m1/s1. The topological polar surface area (TPSA) is 58.6 Å². The van der Waals surface area contributed by atoms with Crippen molar-refractivity contribution in [2.24, 2.45) is 0 Å². The number of carbonyl (C=O) groups is 2. The van der Waals surface area contributed by atoms with Crippen LogP contribution in [0.15, 0.2) is 48.5 Å². The Morgan fingerprint density at radius 1 is 1.20 bits per heavy atom. The molecule has 2 aromatic rings. The molecule has 25 heavy (non-hydrogen) atoms. The van der Waals surface area contributed by atoms with Gasteiger partial charge >= 0.3 is 0 Å². The van der Waals surface area contributed by atoms with E-state index in [9.17, 15) is 14.0 Å². The molecule has 6 heteroatoms. The third-order valence-corrected chi connectivity index (χ3v) is 4.04. The summed E-state index contributed by atoms with van der Waals surface area (Å²) in [7, 11) is 0. The number of hydrogen-bond acceptors (Lipinski definition) is 3. The number of para-hydroxylation sites is 1. The van der Waals surface area contributed by atoms with Crippen LogP contribution in [0.5, 0.6) is 5.75 Å². The van der Waals surface area contributed by atoms with Crippen molar-refractivity contribution in [2.45, 2.75) is 25.9 Å². The molecular formula is C19H19FN2O3. The van der Waals surface area contributed by atoms with Gasteiger partial charge in [0.2, 0.25) is 5.91 Å². The number of hydrogen-bond donors (Lipinski definition) is 1. The summed E-state index contributed by atoms with van der Waals surface area (Å²) >= 11 is 0. The third-order valence-electron chi connectivity index (χ3n) is 4.04. The van der Waals surface area contributed by atoms with Gasteiger partial charge in [0.1, 0.15) is 11.6 Å². The molecule has 0 radical (unpaired) electrons. The molecule has 0 bridgehead atoms. The molecule has 3 rings (SSSR count). The molecule has 0 aliphatic carbocycles. The quantitative estimate of drug-likeness (QED) is 0.906. The highest BCUT2D eigenvalue weighted by atomic mass is 19.1. The average molecular weight is 342 g/mol. The number of ether oxygens (including phenoxy) is 1. The Kier molecular flexibility index (Phi) is 4.97. The summed E-state index contributed by atoms with van der Waals surface area (Å²) in [4.78, 5) is 25.6. The smallest absolute Gasteiger partial charge is 0.265 e. The minimum absolute atomic E-state index is 0.117. The minimum Gasteiger partial charge on any atom is -0.481 e. The van der Waals surface area contributed by atoms with Crippen molar-refractivity contribution < 1.29 is 18.7 Å². The molecule has 2 aromatic carbocycles. The lowest BCUT2D eigenvalue weighted by Crippen LogP contribution is -2.30. The van der Waals surface area contributed by atoms with Crippen molar-refractivity contribution in [3.8, 4) is 5.75 Å². The lowest BCUT2D eigenvalue weighted by atomic mass is 10.2. The van der Waals surface area contributed by atoms with Gasteiger partial charge in [-0.15, -0.1) is 0 Å². The Labute approximate surface area is 145 Å². The van der Waals surface area contributed by atoms with Crippen molar-refractivity contribution in [1.82, 2.24) is 0 Å². The number of amides is 2. The molecule has 1 atom stereocenters. The molecule has 2 amide bonds. The van der Waals surface area contributed by atoms with Crippen molar-refractivity contribution in [2.75, 3.05) is 16.8 Å². The zero-order valence-corrected chi connectivity index (χ0v) is 13.9. The van der Waals surface area contributed by atoms with E-state index in [0.29, 0.717) is 12.2 Å². The number of anilines is 2. The molecule has 0 saturated carbocycles. The van der Waals surface area contributed by atoms with Gasteiger partial charge in [0, 0.05) is 18.7 Å². The number of benzene rings is 2. The summed E-state index contributed by atoms with van der Waals surface area (Å²) in [6.07, 6.45) is 0.648. The molecule has 1 aliphatic heterocycles. The maximum atomic E-state index is 13.6. The summed E-state index contributed by atoms with van der Waals surface area (Å²) < 4.78 is 19.2. The van der Waals surface area contributed by atoms with Gasteiger partial charge in [-0.25, -0.2) is 4.39 Å². The van der Waals surface area contributed by atoms with E-state index in [1.807, 2.05) is 0 Å². The Morgan fingerprint density at radius 3 is 2.56 bits per heavy atom. The second-order valence-electron chi connectivity index (χ2n) is 5.87. The molecule has 1 N–H and O–H groups in total. The summed E-state index contributed by atoms with van der Waals surface area (Å²) in [5.74, 6) is -0.315. The lowest BCUT2D eigenvalue weighted by Gasteiger charge is -2.18. The fourth-order valence-corrected chi connectivity index (χ4v) is 2.68. The van der Waals surface area contributed by atoms with Crippen LogP contribution in [0.2, 0.25) is 0 Å². The third kappa shape index (κ3) is 3.96. The van der Waals surface area contributed by atoms with Crippen LogP contribution in [0.25, 0.3) is 0 Å². The first-order valence-electron chi connectivity index (χ1n) is 8.17. The number of nitrogens with zero attached hydrogens (tertiary/aromatic N) is 1. The summed E-state index contributed by atoms with van der Waals surface area (Å²) in [5, 5.41) is 2.50. The monoisotopic (exact) mass is 342 g/mol. The fraction of sp³-hybridized carbons (Fsp3) is 0.263. The van der Waals surface area contributed by atoms with Crippen LogP contribution in [0.1, 0.15) is 19.8 Å². The molecule has 130 valence electrons. The Morgan fingerprint density at radius 2 is 1.92 bits per heavy atom. The largest absolute Gasteiger partial charge is 0.481 e. The Balaban J connectivity index is 1.60. The van der Waals surface area contributed by atoms with Crippen LogP contribution >= 0.6 is 0 Å². The van der Waals surface area contributed by atoms with E-state index < -0.39 is 17.8 Å². The molecule has 0 aromatic heterocycles. The second-order valence-corrected chi connectivity index (χ2v) is 5.87. The van der Waals surface area contributed by atoms with E-state index in [1.165, 1.54) is 12.1 Å². The number of carbonyl (C=O) groups excluding carboxylic acids is 2. The zero-order chi connectivity index (χ0) is 17.8. The first-order chi connectivity index (χ1) is 12.0. The van der Waals surface area contributed by atoms with Crippen LogP contribution in [-0.2, 0) is 9.59 Å². The van der Waals surface area contributed by atoms with Gasteiger partial charge in [0.05, 0.1) is 5.69 Å². The van der Waals surface area contributed by atoms with Crippen LogP contribution in [-0.4, -0.2) is 24.5 Å². The Bertz CT molecular complexity index is 776. The van der Waals surface area contributed by atoms with Gasteiger partial charge in [-0.1, -0.05) is 12.1 Å². The highest BCUT2D eigenvalue weighted by Gasteiger charge is 2.22. The van der Waals surface area contributed by atoms with E-state index in [4.69, 9.17) is 4.74 Å². The maximum absolute atomic E-state index is 13.6. The van der Waals surface area contributed by atoms with Crippen LogP contribution in [0, 0.1) is 5.82 Å². The van der Waals surface area contributed by atoms with Crippen LogP contribution in [0.4, 0.5) is 15.8 Å². The summed E-state index contributed by atoms with van der Waals surface area (Å²) in [6, 6.07) is 13.0. The minimum atomic E-state index is -0.793. The number of rotatable bonds is 5. The predicted octanol–water partition coefficient (Wildman–Crippen LogP) is 3.36. The molecule has 0 unspecified atom stereocenters. The normalized spacial score (nSPS) is 15.1. The highest BCUT2D eigenvalue weighted by molar-refractivity contribution is 5.95. The molecule has 5 nitrogen and oxygen atoms in total. The molecule has 1 fully saturated rings. The van der Waals surface area contributed by atoms with E-state index >= 15 is 0 Å². The zero-order valence-electron chi connectivity index (χ0n) is 13.9. The maximum Gasteiger partial charge on any atom is 0.265 e. The van der Waals surface area contributed by atoms with Crippen molar-refractivity contribution in [3.63, 3.8) is 0 Å². The van der Waals surface area contributed by atoms with E-state index in [2.05, 4.69) is 5.32 Å². The van der Waals surface area contributed by atoms with Crippen molar-refractivity contribution >= 4 is 23.2 Å². The Hall–Kier alpha value is -2.89. The van der Waals surface area contributed by atoms with Gasteiger partial charge in [-0.05, 0) is 49.7 Å². The molecular weight excluding hydrogens is 323 g/mol. The van der Waals surface area contributed by atoms with E-state index in [0.717, 1.165) is 18.7 Å². The van der Waals surface area contributed by atoms with Gasteiger partial charge in [-0.3, -0.25) is 9.59 Å². The van der Waals surface area contributed by atoms with E-state index in [1.54, 1.807) is 48.2 Å². The van der Waals surface area contributed by atoms with Gasteiger partial charge in [0.15, 0.2) is 6.10 Å². The van der Waals surface area contributed by atoms with Gasteiger partial charge < -0.3 is 15.0 Å². The summed E-state index contributed by atoms with van der Waals surface area (Å²) in [6.45, 7) is 2.31. The first-order valence-corrected chi connectivity index (χ1v) is 8.17. The lowest BCUT2D eigenvalue weighted by molar-refractivity contribution is -0.122. The van der Waals surface area contributed by atoms with Crippen LogP contribution in [0.3, 0.4) is 0 Å². The second kappa shape index (κ2) is 7.34. The predicted molar refractivity (Wildman–Crippen MR) is 93.1 cm³/mol. The summed E-state index contributed by atoms with van der Waals surface area (Å²) in [5.41, 5.74) is 0.934. The van der Waals surface area contributed by atoms with Crippen molar-refractivity contribution in [1.29, 1.82) is 0 Å². The molecule has 1 heterocycles. The molecule has 1 saturated heterocycles. The molecule has 0 spiro atoms. The van der Waals surface area contributed by atoms with Crippen LogP contribution < -0.4 is 15.0 Å². The van der Waals surface area contributed by atoms with Crippen molar-refractivity contribution in [3.05, 3.63) is 54.3 Å². The SMILES string of the molecule is C[C@@H](Oc1ccc(N2CCCC2=O)cc1)C(=O)Nc1ccccc1F. The number of nitrogens with one attached hydrogen (secondary N) is 1. The fourth-order valence-electron chi connectivity index (χ4n) is 2.68. The average Bonchev–Trinajstić information content (AvgIpc) is 3.03. The van der Waals surface area contributed by atoms with E-state index in [-0.39, 0.29) is 11.6 Å². The van der Waals surface area contributed by atoms with Gasteiger partial charge in [-0.2, -0.15) is 0 Å². The first kappa shape index (κ1) is 17.0. The van der Waals surface area contributed by atoms with Gasteiger partial charge in [0.25, 0.3) is 5.91 Å². The molecule has 1 aliphatic rings.